The molecule has 2 aromatic carbocycles. The molecule has 0 atom stereocenters. The van der Waals surface area contributed by atoms with Crippen LogP contribution in [0.3, 0.4) is 0 Å². The van der Waals surface area contributed by atoms with Crippen molar-refractivity contribution in [2.75, 3.05) is 14.1 Å². The summed E-state index contributed by atoms with van der Waals surface area (Å²) in [6, 6.07) is 6.85. The fourth-order valence-corrected chi connectivity index (χ4v) is 2.38. The van der Waals surface area contributed by atoms with Crippen molar-refractivity contribution in [1.82, 2.24) is 4.90 Å². The first-order valence-corrected chi connectivity index (χ1v) is 7.42. The van der Waals surface area contributed by atoms with E-state index >= 15 is 0 Å². The van der Waals surface area contributed by atoms with E-state index < -0.39 is 16.7 Å². The molecule has 0 aliphatic heterocycles. The average molecular weight is 375 g/mol. The van der Waals surface area contributed by atoms with Gasteiger partial charge in [-0.25, -0.2) is 0 Å². The molecule has 9 heteroatoms. The first kappa shape index (κ1) is 19.0. The number of nitro benzene ring substituents is 1. The lowest BCUT2D eigenvalue weighted by Gasteiger charge is -2.13. The number of nitrogens with zero attached hydrogens (tertiary/aromatic N) is 2. The van der Waals surface area contributed by atoms with Crippen molar-refractivity contribution in [2.45, 2.75) is 12.7 Å². The van der Waals surface area contributed by atoms with Crippen LogP contribution in [0.1, 0.15) is 11.1 Å². The van der Waals surface area contributed by atoms with Gasteiger partial charge in [-0.3, -0.25) is 10.1 Å². The molecular formula is C16H14ClF3N2O3. The van der Waals surface area contributed by atoms with E-state index in [1.54, 1.807) is 19.0 Å². The van der Waals surface area contributed by atoms with Crippen molar-refractivity contribution in [2.24, 2.45) is 0 Å². The Bertz CT molecular complexity index is 795. The summed E-state index contributed by atoms with van der Waals surface area (Å²) in [5.74, 6) is 0.267. The van der Waals surface area contributed by atoms with Gasteiger partial charge in [0.1, 0.15) is 11.5 Å². The number of benzene rings is 2. The topological polar surface area (TPSA) is 55.6 Å². The van der Waals surface area contributed by atoms with E-state index in [0.717, 1.165) is 18.2 Å². The number of alkyl halides is 3. The second kappa shape index (κ2) is 7.28. The van der Waals surface area contributed by atoms with E-state index in [1.807, 2.05) is 0 Å². The minimum Gasteiger partial charge on any atom is -0.456 e. The van der Waals surface area contributed by atoms with Crippen LogP contribution in [0.5, 0.6) is 11.5 Å². The molecule has 0 N–H and O–H groups in total. The Morgan fingerprint density at radius 1 is 1.20 bits per heavy atom. The van der Waals surface area contributed by atoms with Gasteiger partial charge in [0.05, 0.1) is 15.5 Å². The number of hydrogen-bond donors (Lipinski definition) is 0. The molecule has 0 fully saturated rings. The van der Waals surface area contributed by atoms with E-state index in [1.165, 1.54) is 18.2 Å². The zero-order chi connectivity index (χ0) is 18.8. The fraction of sp³-hybridized carbons (Fsp3) is 0.250. The zero-order valence-corrected chi connectivity index (χ0v) is 14.1. The van der Waals surface area contributed by atoms with Crippen LogP contribution in [0.25, 0.3) is 0 Å². The minimum absolute atomic E-state index is 0.0272. The van der Waals surface area contributed by atoms with Crippen molar-refractivity contribution in [1.29, 1.82) is 0 Å². The van der Waals surface area contributed by atoms with Gasteiger partial charge in [-0.15, -0.1) is 0 Å². The van der Waals surface area contributed by atoms with Crippen LogP contribution in [-0.2, 0) is 12.7 Å². The van der Waals surface area contributed by atoms with Gasteiger partial charge < -0.3 is 9.64 Å². The SMILES string of the molecule is CN(C)Cc1cc(Oc2ccc(C(F)(F)F)cc2Cl)ccc1[N+](=O)[O-]. The van der Waals surface area contributed by atoms with Crippen molar-refractivity contribution in [3.05, 3.63) is 62.7 Å². The summed E-state index contributed by atoms with van der Waals surface area (Å²) in [6.45, 7) is 0.300. The van der Waals surface area contributed by atoms with E-state index in [0.29, 0.717) is 12.1 Å². The molecule has 0 saturated carbocycles. The first-order valence-electron chi connectivity index (χ1n) is 7.04. The third-order valence-electron chi connectivity index (χ3n) is 3.22. The molecule has 2 rings (SSSR count). The molecule has 5 nitrogen and oxygen atoms in total. The van der Waals surface area contributed by atoms with Gasteiger partial charge in [-0.05, 0) is 44.4 Å². The smallest absolute Gasteiger partial charge is 0.416 e. The number of rotatable bonds is 5. The highest BCUT2D eigenvalue weighted by atomic mass is 35.5. The molecule has 0 aromatic heterocycles. The molecule has 0 heterocycles. The molecule has 0 aliphatic rings. The Kier molecular flexibility index (Phi) is 5.54. The number of ether oxygens (including phenoxy) is 1. The van der Waals surface area contributed by atoms with Crippen molar-refractivity contribution in [3.8, 4) is 11.5 Å². The second-order valence-corrected chi connectivity index (χ2v) is 5.94. The van der Waals surface area contributed by atoms with Gasteiger partial charge in [0.15, 0.2) is 0 Å². The molecule has 0 amide bonds. The normalized spacial score (nSPS) is 11.6. The predicted molar refractivity (Wildman–Crippen MR) is 87.0 cm³/mol. The maximum atomic E-state index is 12.7. The molecule has 0 radical (unpaired) electrons. The molecular weight excluding hydrogens is 361 g/mol. The molecule has 0 saturated heterocycles. The Labute approximate surface area is 146 Å². The van der Waals surface area contributed by atoms with E-state index in [9.17, 15) is 23.3 Å². The van der Waals surface area contributed by atoms with Gasteiger partial charge in [0.2, 0.25) is 0 Å². The molecule has 0 aliphatic carbocycles. The maximum Gasteiger partial charge on any atom is 0.416 e. The highest BCUT2D eigenvalue weighted by Gasteiger charge is 2.31. The summed E-state index contributed by atoms with van der Waals surface area (Å²) in [6.07, 6.45) is -4.51. The quantitative estimate of drug-likeness (QED) is 0.538. The van der Waals surface area contributed by atoms with Gasteiger partial charge in [-0.1, -0.05) is 11.6 Å². The number of nitro groups is 1. The van der Waals surface area contributed by atoms with Gasteiger partial charge in [0, 0.05) is 18.2 Å². The van der Waals surface area contributed by atoms with Crippen LogP contribution < -0.4 is 4.74 Å². The molecule has 2 aromatic rings. The van der Waals surface area contributed by atoms with Crippen LogP contribution in [0.4, 0.5) is 18.9 Å². The minimum atomic E-state index is -4.51. The molecule has 0 bridgehead atoms. The molecule has 25 heavy (non-hydrogen) atoms. The van der Waals surface area contributed by atoms with Gasteiger partial charge >= 0.3 is 6.18 Å². The third-order valence-corrected chi connectivity index (χ3v) is 3.52. The van der Waals surface area contributed by atoms with Crippen LogP contribution in [0, 0.1) is 10.1 Å². The molecule has 0 unspecified atom stereocenters. The van der Waals surface area contributed by atoms with Crippen LogP contribution in [0.15, 0.2) is 36.4 Å². The highest BCUT2D eigenvalue weighted by Crippen LogP contribution is 2.37. The van der Waals surface area contributed by atoms with Gasteiger partial charge in [0.25, 0.3) is 5.69 Å². The fourth-order valence-electron chi connectivity index (χ4n) is 2.16. The zero-order valence-electron chi connectivity index (χ0n) is 13.3. The maximum absolute atomic E-state index is 12.7. The van der Waals surface area contributed by atoms with Crippen LogP contribution >= 0.6 is 11.6 Å². The van der Waals surface area contributed by atoms with E-state index in [2.05, 4.69) is 0 Å². The standard InChI is InChI=1S/C16H14ClF3N2O3/c1-21(2)9-10-7-12(4-5-14(10)22(23)24)25-15-6-3-11(8-13(15)17)16(18,19)20/h3-8H,9H2,1-2H3. The Morgan fingerprint density at radius 2 is 1.88 bits per heavy atom. The monoisotopic (exact) mass is 374 g/mol. The number of halogens is 4. The third kappa shape index (κ3) is 4.83. The summed E-state index contributed by atoms with van der Waals surface area (Å²) in [4.78, 5) is 12.3. The van der Waals surface area contributed by atoms with Crippen LogP contribution in [0.2, 0.25) is 5.02 Å². The molecule has 134 valence electrons. The summed E-state index contributed by atoms with van der Waals surface area (Å²) in [5, 5.41) is 10.9. The summed E-state index contributed by atoms with van der Waals surface area (Å²) in [7, 11) is 3.51. The molecule has 0 spiro atoms. The van der Waals surface area contributed by atoms with Gasteiger partial charge in [-0.2, -0.15) is 13.2 Å². The largest absolute Gasteiger partial charge is 0.456 e. The summed E-state index contributed by atoms with van der Waals surface area (Å²) < 4.78 is 43.5. The second-order valence-electron chi connectivity index (χ2n) is 5.53. The lowest BCUT2D eigenvalue weighted by Crippen LogP contribution is -2.12. The first-order chi connectivity index (χ1) is 11.6. The Balaban J connectivity index is 2.33. The highest BCUT2D eigenvalue weighted by molar-refractivity contribution is 6.32. The Hall–Kier alpha value is -2.32. The van der Waals surface area contributed by atoms with Crippen molar-refractivity contribution in [3.63, 3.8) is 0 Å². The predicted octanol–water partition coefficient (Wildman–Crippen LogP) is 5.12. The summed E-state index contributed by atoms with van der Waals surface area (Å²) >= 11 is 5.85. The van der Waals surface area contributed by atoms with Crippen molar-refractivity contribution < 1.29 is 22.8 Å². The summed E-state index contributed by atoms with van der Waals surface area (Å²) in [5.41, 5.74) is -0.544. The average Bonchev–Trinajstić information content (AvgIpc) is 2.47. The lowest BCUT2D eigenvalue weighted by molar-refractivity contribution is -0.385. The van der Waals surface area contributed by atoms with Crippen molar-refractivity contribution >= 4 is 17.3 Å². The lowest BCUT2D eigenvalue weighted by atomic mass is 10.1. The van der Waals surface area contributed by atoms with Crippen LogP contribution in [-0.4, -0.2) is 23.9 Å². The van der Waals surface area contributed by atoms with E-state index in [-0.39, 0.29) is 22.2 Å². The number of hydrogen-bond acceptors (Lipinski definition) is 4. The Morgan fingerprint density at radius 3 is 2.40 bits per heavy atom. The van der Waals surface area contributed by atoms with E-state index in [4.69, 9.17) is 16.3 Å².